The highest BCUT2D eigenvalue weighted by Gasteiger charge is 2.26. The van der Waals surface area contributed by atoms with Gasteiger partial charge in [0.25, 0.3) is 5.91 Å². The molecule has 1 amide bonds. The second-order valence-electron chi connectivity index (χ2n) is 8.65. The quantitative estimate of drug-likeness (QED) is 0.270. The fourth-order valence-corrected chi connectivity index (χ4v) is 3.76. The maximum absolute atomic E-state index is 13.4. The summed E-state index contributed by atoms with van der Waals surface area (Å²) in [7, 11) is 2.79. The van der Waals surface area contributed by atoms with Crippen molar-refractivity contribution in [3.8, 4) is 17.1 Å². The van der Waals surface area contributed by atoms with Crippen molar-refractivity contribution in [2.45, 2.75) is 18.9 Å². The zero-order valence-corrected chi connectivity index (χ0v) is 21.1. The van der Waals surface area contributed by atoms with Crippen molar-refractivity contribution in [1.82, 2.24) is 25.3 Å². The van der Waals surface area contributed by atoms with Crippen LogP contribution in [0.3, 0.4) is 0 Å². The lowest BCUT2D eigenvalue weighted by atomic mass is 10.1. The number of nitrogens with one attached hydrogen (secondary N) is 3. The van der Waals surface area contributed by atoms with E-state index in [-0.39, 0.29) is 17.8 Å². The number of carbonyl (C=O) groups is 2. The molecule has 0 bridgehead atoms. The van der Waals surface area contributed by atoms with Gasteiger partial charge in [-0.1, -0.05) is 6.07 Å². The second kappa shape index (κ2) is 11.1. The summed E-state index contributed by atoms with van der Waals surface area (Å²) in [6.45, 7) is 0. The summed E-state index contributed by atoms with van der Waals surface area (Å²) in [5, 5.41) is 9.32. The molecule has 12 heteroatoms. The smallest absolute Gasteiger partial charge is 0.339 e. The van der Waals surface area contributed by atoms with Crippen LogP contribution in [0.1, 0.15) is 33.6 Å². The normalized spacial score (nSPS) is 12.4. The molecule has 0 atom stereocenters. The van der Waals surface area contributed by atoms with Gasteiger partial charge >= 0.3 is 5.97 Å². The van der Waals surface area contributed by atoms with Crippen molar-refractivity contribution in [3.63, 3.8) is 0 Å². The average Bonchev–Trinajstić information content (AvgIpc) is 3.77. The lowest BCUT2D eigenvalue weighted by molar-refractivity contribution is 0.0600. The molecule has 1 aliphatic rings. The number of aromatic nitrogens is 4. The number of nitrogens with zero attached hydrogens (tertiary/aromatic N) is 4. The molecule has 39 heavy (non-hydrogen) atoms. The van der Waals surface area contributed by atoms with E-state index in [1.54, 1.807) is 36.4 Å². The Bertz CT molecular complexity index is 1510. The molecule has 0 spiro atoms. The first-order chi connectivity index (χ1) is 18.9. The van der Waals surface area contributed by atoms with E-state index in [2.05, 4.69) is 35.9 Å². The van der Waals surface area contributed by atoms with E-state index in [0.29, 0.717) is 45.5 Å². The highest BCUT2D eigenvalue weighted by Crippen LogP contribution is 2.37. The van der Waals surface area contributed by atoms with Crippen LogP contribution in [-0.4, -0.2) is 52.1 Å². The van der Waals surface area contributed by atoms with Gasteiger partial charge in [-0.15, -0.1) is 0 Å². The van der Waals surface area contributed by atoms with Crippen LogP contribution in [-0.2, 0) is 4.74 Å². The number of benzene rings is 1. The third kappa shape index (κ3) is 5.90. The molecule has 1 aliphatic carbocycles. The SMILES string of the molecule is COC(=O)c1ccc(Nc2cc(Nc3cccc(-c4ncc(F)cn4)c3OC)c(C(=O)NC3CC3)cn2)nc1. The van der Waals surface area contributed by atoms with Gasteiger partial charge in [-0.3, -0.25) is 4.79 Å². The van der Waals surface area contributed by atoms with Gasteiger partial charge < -0.3 is 25.4 Å². The van der Waals surface area contributed by atoms with Crippen LogP contribution in [0.25, 0.3) is 11.4 Å². The molecule has 198 valence electrons. The lowest BCUT2D eigenvalue weighted by Crippen LogP contribution is -2.26. The van der Waals surface area contributed by atoms with Crippen molar-refractivity contribution in [3.05, 3.63) is 78.1 Å². The highest BCUT2D eigenvalue weighted by molar-refractivity contribution is 6.01. The summed E-state index contributed by atoms with van der Waals surface area (Å²) in [5.41, 5.74) is 2.15. The molecule has 11 nitrogen and oxygen atoms in total. The number of esters is 1. The van der Waals surface area contributed by atoms with E-state index in [4.69, 9.17) is 9.47 Å². The van der Waals surface area contributed by atoms with Gasteiger partial charge in [0.2, 0.25) is 0 Å². The van der Waals surface area contributed by atoms with Crippen LogP contribution in [0.4, 0.5) is 27.4 Å². The van der Waals surface area contributed by atoms with Crippen molar-refractivity contribution < 1.29 is 23.5 Å². The topological polar surface area (TPSA) is 140 Å². The molecular weight excluding hydrogens is 505 g/mol. The number of carbonyl (C=O) groups excluding carboxylic acids is 2. The third-order valence-electron chi connectivity index (χ3n) is 5.85. The summed E-state index contributed by atoms with van der Waals surface area (Å²) in [4.78, 5) is 41.4. The van der Waals surface area contributed by atoms with Gasteiger partial charge in [0.1, 0.15) is 11.6 Å². The molecule has 1 aromatic carbocycles. The summed E-state index contributed by atoms with van der Waals surface area (Å²) in [6.07, 6.45) is 6.87. The monoisotopic (exact) mass is 529 g/mol. The molecule has 0 saturated heterocycles. The van der Waals surface area contributed by atoms with Crippen LogP contribution in [0, 0.1) is 5.82 Å². The van der Waals surface area contributed by atoms with Crippen LogP contribution >= 0.6 is 0 Å². The number of ether oxygens (including phenoxy) is 2. The Balaban J connectivity index is 1.48. The van der Waals surface area contributed by atoms with E-state index in [0.717, 1.165) is 25.2 Å². The Morgan fingerprint density at radius 3 is 2.33 bits per heavy atom. The zero-order valence-electron chi connectivity index (χ0n) is 21.1. The molecule has 5 rings (SSSR count). The number of rotatable bonds is 9. The fraction of sp³-hybridized carbons (Fsp3) is 0.185. The largest absolute Gasteiger partial charge is 0.494 e. The minimum atomic E-state index is -0.551. The first-order valence-corrected chi connectivity index (χ1v) is 12.0. The molecule has 3 heterocycles. The molecule has 3 N–H and O–H groups in total. The Labute approximate surface area is 222 Å². The minimum Gasteiger partial charge on any atom is -0.494 e. The minimum absolute atomic E-state index is 0.147. The van der Waals surface area contributed by atoms with Gasteiger partial charge in [-0.25, -0.2) is 29.1 Å². The maximum atomic E-state index is 13.4. The highest BCUT2D eigenvalue weighted by atomic mass is 19.1. The van der Waals surface area contributed by atoms with Crippen LogP contribution in [0.15, 0.2) is 61.2 Å². The molecular formula is C27H24FN7O4. The standard InChI is InChI=1S/C27H24FN7O4/c1-38-24-18(25-31-12-16(28)13-32-25)4-3-5-20(24)34-21-10-23(30-14-19(21)26(36)33-17-7-8-17)35-22-9-6-15(11-29-22)27(37)39-2/h3-6,9-14,17H,7-8H2,1-2H3,(H,33,36)(H2,29,30,34,35). The van der Waals surface area contributed by atoms with E-state index in [9.17, 15) is 14.0 Å². The molecule has 0 radical (unpaired) electrons. The van der Waals surface area contributed by atoms with Crippen molar-refractivity contribution >= 4 is 34.9 Å². The van der Waals surface area contributed by atoms with Gasteiger partial charge in [0, 0.05) is 24.5 Å². The second-order valence-corrected chi connectivity index (χ2v) is 8.65. The number of anilines is 4. The van der Waals surface area contributed by atoms with Crippen molar-refractivity contribution in [1.29, 1.82) is 0 Å². The number of hydrogen-bond donors (Lipinski definition) is 3. The van der Waals surface area contributed by atoms with E-state index >= 15 is 0 Å². The fourth-order valence-electron chi connectivity index (χ4n) is 3.76. The summed E-state index contributed by atoms with van der Waals surface area (Å²) < 4.78 is 23.7. The third-order valence-corrected chi connectivity index (χ3v) is 5.85. The Kier molecular flexibility index (Phi) is 7.26. The molecule has 4 aromatic rings. The van der Waals surface area contributed by atoms with E-state index < -0.39 is 11.8 Å². The van der Waals surface area contributed by atoms with E-state index in [1.165, 1.54) is 26.6 Å². The van der Waals surface area contributed by atoms with Crippen LogP contribution < -0.4 is 20.7 Å². The lowest BCUT2D eigenvalue weighted by Gasteiger charge is -2.17. The number of pyridine rings is 2. The van der Waals surface area contributed by atoms with Gasteiger partial charge in [-0.05, 0) is 37.1 Å². The molecule has 1 saturated carbocycles. The van der Waals surface area contributed by atoms with Crippen LogP contribution in [0.2, 0.25) is 0 Å². The molecule has 3 aromatic heterocycles. The Morgan fingerprint density at radius 1 is 0.897 bits per heavy atom. The predicted molar refractivity (Wildman–Crippen MR) is 141 cm³/mol. The van der Waals surface area contributed by atoms with E-state index in [1.807, 2.05) is 0 Å². The van der Waals surface area contributed by atoms with Gasteiger partial charge in [0.05, 0.1) is 54.7 Å². The average molecular weight is 530 g/mol. The van der Waals surface area contributed by atoms with Gasteiger partial charge in [0.15, 0.2) is 17.4 Å². The summed E-state index contributed by atoms with van der Waals surface area (Å²) >= 11 is 0. The van der Waals surface area contributed by atoms with Gasteiger partial charge in [-0.2, -0.15) is 0 Å². The number of para-hydroxylation sites is 1. The molecule has 1 fully saturated rings. The summed E-state index contributed by atoms with van der Waals surface area (Å²) in [5.74, 6) is 0.208. The maximum Gasteiger partial charge on any atom is 0.339 e. The number of halogens is 1. The zero-order chi connectivity index (χ0) is 27.4. The van der Waals surface area contributed by atoms with Crippen molar-refractivity contribution in [2.75, 3.05) is 24.9 Å². The predicted octanol–water partition coefficient (Wildman–Crippen LogP) is 4.25. The molecule has 0 unspecified atom stereocenters. The number of hydrogen-bond acceptors (Lipinski definition) is 10. The molecule has 0 aliphatic heterocycles. The Morgan fingerprint density at radius 2 is 1.67 bits per heavy atom. The first kappa shape index (κ1) is 25.5. The van der Waals surface area contributed by atoms with Crippen molar-refractivity contribution in [2.24, 2.45) is 0 Å². The Hall–Kier alpha value is -5.13. The van der Waals surface area contributed by atoms with Crippen LogP contribution in [0.5, 0.6) is 5.75 Å². The number of methoxy groups -OCH3 is 2. The summed E-state index contributed by atoms with van der Waals surface area (Å²) in [6, 6.07) is 10.3. The first-order valence-electron chi connectivity index (χ1n) is 12.0. The number of amides is 1.